The second-order valence-electron chi connectivity index (χ2n) is 9.90. The van der Waals surface area contributed by atoms with Gasteiger partial charge in [0.15, 0.2) is 0 Å². The first kappa shape index (κ1) is 33.7. The number of nitrogens with two attached hydrogens (primary N) is 1. The first-order chi connectivity index (χ1) is 17.3. The molecule has 0 spiro atoms. The summed E-state index contributed by atoms with van der Waals surface area (Å²) < 4.78 is 0. The van der Waals surface area contributed by atoms with Crippen LogP contribution in [0.3, 0.4) is 0 Å². The number of rotatable bonds is 11. The van der Waals surface area contributed by atoms with Crippen LogP contribution < -0.4 is 5.84 Å². The van der Waals surface area contributed by atoms with Crippen LogP contribution in [0, 0.1) is 0 Å². The summed E-state index contributed by atoms with van der Waals surface area (Å²) in [6, 6.07) is 0. The van der Waals surface area contributed by atoms with Gasteiger partial charge in [0.25, 0.3) is 0 Å². The topological polar surface area (TPSA) is 137 Å². The monoisotopic (exact) mass is 568 g/mol. The fraction of sp³-hybridized carbons (Fsp3) is 0.875. The molecule has 1 amide bonds. The van der Waals surface area contributed by atoms with E-state index in [0.717, 1.165) is 52.0 Å². The van der Waals surface area contributed by atoms with Crippen molar-refractivity contribution in [3.8, 4) is 0 Å². The normalized spacial score (nSPS) is 20.5. The van der Waals surface area contributed by atoms with Gasteiger partial charge in [-0.25, -0.2) is 5.01 Å². The summed E-state index contributed by atoms with van der Waals surface area (Å²) in [7, 11) is 0. The van der Waals surface area contributed by atoms with Crippen molar-refractivity contribution in [1.29, 1.82) is 0 Å². The maximum absolute atomic E-state index is 12.6. The molecule has 2 aliphatic heterocycles. The standard InChI is InChI=1S/C24H47N7O5.Mn/c1-2-3-6-26-8-9-27(7-4-5-22(32)30-16-18-31(25)19-17-30)11-13-29(21-24(35)36)15-14-28(12-10-26)20-23(33)34;/h2-21,25H2,1H3,(H,33,34)(H,35,36);. The molecule has 2 fully saturated rings. The van der Waals surface area contributed by atoms with Gasteiger partial charge in [-0.15, -0.1) is 0 Å². The van der Waals surface area contributed by atoms with Crippen LogP contribution in [0.2, 0.25) is 0 Å². The second-order valence-corrected chi connectivity index (χ2v) is 9.90. The van der Waals surface area contributed by atoms with E-state index < -0.39 is 11.9 Å². The average Bonchev–Trinajstić information content (AvgIpc) is 2.82. The quantitative estimate of drug-likeness (QED) is 0.209. The van der Waals surface area contributed by atoms with Crippen LogP contribution in [0.25, 0.3) is 0 Å². The van der Waals surface area contributed by atoms with Crippen LogP contribution in [0.4, 0.5) is 0 Å². The number of piperazine rings is 1. The Bertz CT molecular complexity index is 682. The van der Waals surface area contributed by atoms with Crippen LogP contribution in [0.15, 0.2) is 0 Å². The van der Waals surface area contributed by atoms with Gasteiger partial charge in [0, 0.05) is 102 Å². The molecule has 1 radical (unpaired) electrons. The smallest absolute Gasteiger partial charge is 0.317 e. The van der Waals surface area contributed by atoms with Crippen molar-refractivity contribution in [3.05, 3.63) is 0 Å². The van der Waals surface area contributed by atoms with Crippen molar-refractivity contribution in [3.63, 3.8) is 0 Å². The predicted molar refractivity (Wildman–Crippen MR) is 138 cm³/mol. The maximum atomic E-state index is 12.6. The summed E-state index contributed by atoms with van der Waals surface area (Å²) in [4.78, 5) is 45.8. The number of amides is 1. The van der Waals surface area contributed by atoms with Gasteiger partial charge in [0.05, 0.1) is 13.1 Å². The van der Waals surface area contributed by atoms with Gasteiger partial charge in [-0.3, -0.25) is 30.0 Å². The largest absolute Gasteiger partial charge is 0.480 e. The third-order valence-electron chi connectivity index (χ3n) is 7.01. The Morgan fingerprint density at radius 1 is 0.649 bits per heavy atom. The zero-order chi connectivity index (χ0) is 26.3. The van der Waals surface area contributed by atoms with Gasteiger partial charge in [0.1, 0.15) is 0 Å². The number of aliphatic carboxylic acids is 2. The Balaban J connectivity index is 0.00000684. The molecule has 2 heterocycles. The molecule has 0 aromatic carbocycles. The average molecular weight is 569 g/mol. The summed E-state index contributed by atoms with van der Waals surface area (Å²) in [5, 5.41) is 20.4. The zero-order valence-corrected chi connectivity index (χ0v) is 23.6. The molecule has 2 saturated heterocycles. The Morgan fingerprint density at radius 3 is 1.46 bits per heavy atom. The summed E-state index contributed by atoms with van der Waals surface area (Å²) in [5.41, 5.74) is 0. The fourth-order valence-corrected chi connectivity index (χ4v) is 4.69. The third-order valence-corrected chi connectivity index (χ3v) is 7.01. The van der Waals surface area contributed by atoms with E-state index in [1.165, 1.54) is 0 Å². The number of unbranched alkanes of at least 4 members (excludes halogenated alkanes) is 1. The van der Waals surface area contributed by atoms with Gasteiger partial charge in [-0.2, -0.15) is 0 Å². The molecule has 13 heteroatoms. The number of hydrogen-bond acceptors (Lipinski definition) is 9. The predicted octanol–water partition coefficient (Wildman–Crippen LogP) is -1.03. The van der Waals surface area contributed by atoms with E-state index in [4.69, 9.17) is 5.84 Å². The Morgan fingerprint density at radius 2 is 1.05 bits per heavy atom. The van der Waals surface area contributed by atoms with Gasteiger partial charge in [-0.1, -0.05) is 13.3 Å². The second kappa shape index (κ2) is 18.9. The molecule has 0 aliphatic carbocycles. The molecule has 0 bridgehead atoms. The molecule has 4 N–H and O–H groups in total. The minimum absolute atomic E-state index is 0. The number of hydrazine groups is 1. The Kier molecular flexibility index (Phi) is 17.2. The molecular weight excluding hydrogens is 521 g/mol. The first-order valence-electron chi connectivity index (χ1n) is 13.4. The van der Waals surface area contributed by atoms with Gasteiger partial charge >= 0.3 is 11.9 Å². The van der Waals surface area contributed by atoms with Crippen LogP contribution in [-0.4, -0.2) is 162 Å². The molecule has 2 rings (SSSR count). The fourth-order valence-electron chi connectivity index (χ4n) is 4.69. The number of nitrogens with zero attached hydrogens (tertiary/aromatic N) is 6. The van der Waals surface area contributed by atoms with Crippen molar-refractivity contribution in [2.75, 3.05) is 105 Å². The van der Waals surface area contributed by atoms with Gasteiger partial charge in [0.2, 0.25) is 5.91 Å². The molecular formula is C24H47MnN7O5. The summed E-state index contributed by atoms with van der Waals surface area (Å²) >= 11 is 0. The first-order valence-corrected chi connectivity index (χ1v) is 13.4. The summed E-state index contributed by atoms with van der Waals surface area (Å²) in [6.07, 6.45) is 3.46. The third kappa shape index (κ3) is 14.4. The Labute approximate surface area is 232 Å². The summed E-state index contributed by atoms with van der Waals surface area (Å²) in [6.45, 7) is 12.0. The van der Waals surface area contributed by atoms with Crippen LogP contribution in [0.1, 0.15) is 32.6 Å². The van der Waals surface area contributed by atoms with Crippen LogP contribution in [0.5, 0.6) is 0 Å². The molecule has 0 aromatic rings. The van der Waals surface area contributed by atoms with Crippen LogP contribution in [-0.2, 0) is 31.5 Å². The molecule has 12 nitrogen and oxygen atoms in total. The van der Waals surface area contributed by atoms with E-state index in [1.54, 1.807) is 5.01 Å². The number of carbonyl (C=O) groups excluding carboxylic acids is 1. The van der Waals surface area contributed by atoms with Crippen molar-refractivity contribution in [1.82, 2.24) is 29.5 Å². The van der Waals surface area contributed by atoms with E-state index in [0.29, 0.717) is 65.3 Å². The van der Waals surface area contributed by atoms with Gasteiger partial charge < -0.3 is 24.9 Å². The minimum Gasteiger partial charge on any atom is -0.480 e. The van der Waals surface area contributed by atoms with E-state index in [2.05, 4.69) is 16.7 Å². The molecule has 37 heavy (non-hydrogen) atoms. The molecule has 0 unspecified atom stereocenters. The van der Waals surface area contributed by atoms with Crippen molar-refractivity contribution < 1.29 is 41.7 Å². The summed E-state index contributed by atoms with van der Waals surface area (Å²) in [5.74, 6) is 4.22. The molecule has 0 aromatic heterocycles. The number of carboxylic acid groups (broad SMARTS) is 2. The molecule has 2 aliphatic rings. The number of carboxylic acids is 2. The number of carbonyl (C=O) groups is 3. The van der Waals surface area contributed by atoms with E-state index in [-0.39, 0.29) is 36.1 Å². The van der Waals surface area contributed by atoms with Crippen molar-refractivity contribution in [2.24, 2.45) is 5.84 Å². The van der Waals surface area contributed by atoms with Crippen LogP contribution >= 0.6 is 0 Å². The van der Waals surface area contributed by atoms with E-state index >= 15 is 0 Å². The SMILES string of the molecule is CCCCN1CCN(CCCC(=O)N2CCN(N)CC2)CCN(CC(=O)O)CCN(CC(=O)O)CC1.[Mn]. The van der Waals surface area contributed by atoms with Crippen molar-refractivity contribution >= 4 is 17.8 Å². The zero-order valence-electron chi connectivity index (χ0n) is 22.4. The molecule has 0 saturated carbocycles. The Hall–Kier alpha value is -1.31. The molecule has 215 valence electrons. The van der Waals surface area contributed by atoms with E-state index in [9.17, 15) is 24.6 Å². The number of hydrogen-bond donors (Lipinski definition) is 3. The van der Waals surface area contributed by atoms with Crippen molar-refractivity contribution in [2.45, 2.75) is 32.6 Å². The van der Waals surface area contributed by atoms with Gasteiger partial charge in [-0.05, 0) is 25.9 Å². The van der Waals surface area contributed by atoms with E-state index in [1.807, 2.05) is 14.7 Å². The minimum atomic E-state index is -0.882. The molecule has 0 atom stereocenters. The maximum Gasteiger partial charge on any atom is 0.317 e.